The molecule has 0 aliphatic rings. The molecule has 0 aromatic carbocycles. The van der Waals surface area contributed by atoms with Crippen molar-refractivity contribution in [1.82, 2.24) is 9.88 Å². The highest BCUT2D eigenvalue weighted by molar-refractivity contribution is 7.89. The van der Waals surface area contributed by atoms with Crippen molar-refractivity contribution in [2.45, 2.75) is 26.3 Å². The number of nitro groups is 1. The second-order valence-electron chi connectivity index (χ2n) is 4.51. The van der Waals surface area contributed by atoms with E-state index in [9.17, 15) is 23.3 Å². The molecule has 0 saturated heterocycles. The van der Waals surface area contributed by atoms with E-state index in [4.69, 9.17) is 5.14 Å². The topological polar surface area (TPSA) is 137 Å². The van der Waals surface area contributed by atoms with Gasteiger partial charge < -0.3 is 9.88 Å². The van der Waals surface area contributed by atoms with Gasteiger partial charge >= 0.3 is 0 Å². The summed E-state index contributed by atoms with van der Waals surface area (Å²) in [6.07, 6.45) is 2.21. The number of amides is 1. The van der Waals surface area contributed by atoms with Crippen molar-refractivity contribution in [3.05, 3.63) is 28.1 Å². The molecular formula is C11H18N4O5S. The zero-order chi connectivity index (χ0) is 16.0. The van der Waals surface area contributed by atoms with Crippen molar-refractivity contribution in [3.8, 4) is 0 Å². The van der Waals surface area contributed by atoms with Crippen LogP contribution in [0.5, 0.6) is 0 Å². The first-order valence-electron chi connectivity index (χ1n) is 6.38. The Labute approximate surface area is 122 Å². The third-order valence-electron chi connectivity index (χ3n) is 2.68. The van der Waals surface area contributed by atoms with Crippen molar-refractivity contribution >= 4 is 21.6 Å². The van der Waals surface area contributed by atoms with E-state index in [0.717, 1.165) is 6.42 Å². The van der Waals surface area contributed by atoms with Gasteiger partial charge in [-0.2, -0.15) is 0 Å². The SMILES string of the molecule is CCCn1cc([N+](=O)[O-])cc1C(=O)NCCCS(N)(=O)=O. The van der Waals surface area contributed by atoms with Crippen LogP contribution in [-0.2, 0) is 16.6 Å². The van der Waals surface area contributed by atoms with Gasteiger partial charge in [0.15, 0.2) is 0 Å². The maximum atomic E-state index is 12.0. The molecule has 0 unspecified atom stereocenters. The predicted octanol–water partition coefficient (Wildman–Crippen LogP) is 0.215. The van der Waals surface area contributed by atoms with E-state index < -0.39 is 20.9 Å². The zero-order valence-corrected chi connectivity index (χ0v) is 12.4. The highest BCUT2D eigenvalue weighted by atomic mass is 32.2. The monoisotopic (exact) mass is 318 g/mol. The van der Waals surface area contributed by atoms with Gasteiger partial charge in [0.25, 0.3) is 11.6 Å². The minimum absolute atomic E-state index is 0.125. The number of primary sulfonamides is 1. The molecule has 0 saturated carbocycles. The molecule has 10 heteroatoms. The molecule has 0 aliphatic heterocycles. The fourth-order valence-corrected chi connectivity index (χ4v) is 2.32. The second kappa shape index (κ2) is 7.18. The predicted molar refractivity (Wildman–Crippen MR) is 76.3 cm³/mol. The molecule has 0 aliphatic carbocycles. The van der Waals surface area contributed by atoms with Crippen molar-refractivity contribution in [1.29, 1.82) is 0 Å². The van der Waals surface area contributed by atoms with Crippen LogP contribution in [0.15, 0.2) is 12.3 Å². The van der Waals surface area contributed by atoms with Gasteiger partial charge in [-0.1, -0.05) is 6.92 Å². The summed E-state index contributed by atoms with van der Waals surface area (Å²) in [7, 11) is -3.56. The van der Waals surface area contributed by atoms with Gasteiger partial charge in [0.05, 0.1) is 16.9 Å². The maximum absolute atomic E-state index is 12.0. The number of aryl methyl sites for hydroxylation is 1. The van der Waals surface area contributed by atoms with E-state index in [1.165, 1.54) is 16.8 Å². The Bertz CT molecular complexity index is 623. The van der Waals surface area contributed by atoms with Gasteiger partial charge in [0, 0.05) is 19.2 Å². The van der Waals surface area contributed by atoms with Crippen LogP contribution in [0.25, 0.3) is 0 Å². The molecule has 0 radical (unpaired) electrons. The fourth-order valence-electron chi connectivity index (χ4n) is 1.78. The van der Waals surface area contributed by atoms with Crippen LogP contribution in [0.2, 0.25) is 0 Å². The summed E-state index contributed by atoms with van der Waals surface area (Å²) in [6.45, 7) is 2.49. The minimum Gasteiger partial charge on any atom is -0.351 e. The van der Waals surface area contributed by atoms with Crippen molar-refractivity contribution < 1.29 is 18.1 Å². The summed E-state index contributed by atoms with van der Waals surface area (Å²) < 4.78 is 23.0. The van der Waals surface area contributed by atoms with Crippen molar-refractivity contribution in [3.63, 3.8) is 0 Å². The molecule has 21 heavy (non-hydrogen) atoms. The summed E-state index contributed by atoms with van der Waals surface area (Å²) in [4.78, 5) is 22.1. The molecule has 0 fully saturated rings. The Hall–Kier alpha value is -1.94. The van der Waals surface area contributed by atoms with Crippen LogP contribution in [0, 0.1) is 10.1 Å². The number of hydrogen-bond donors (Lipinski definition) is 2. The number of sulfonamides is 1. The molecular weight excluding hydrogens is 300 g/mol. The third kappa shape index (κ3) is 5.52. The summed E-state index contributed by atoms with van der Waals surface area (Å²) in [6, 6.07) is 1.20. The van der Waals surface area contributed by atoms with E-state index >= 15 is 0 Å². The van der Waals surface area contributed by atoms with Crippen LogP contribution >= 0.6 is 0 Å². The van der Waals surface area contributed by atoms with E-state index in [1.54, 1.807) is 0 Å². The largest absolute Gasteiger partial charge is 0.351 e. The summed E-state index contributed by atoms with van der Waals surface area (Å²) >= 11 is 0. The Kier molecular flexibility index (Phi) is 5.85. The average molecular weight is 318 g/mol. The van der Waals surface area contributed by atoms with Gasteiger partial charge in [-0.05, 0) is 12.8 Å². The van der Waals surface area contributed by atoms with E-state index in [1.807, 2.05) is 6.92 Å². The van der Waals surface area contributed by atoms with Crippen LogP contribution < -0.4 is 10.5 Å². The number of nitrogens with two attached hydrogens (primary N) is 1. The Morgan fingerprint density at radius 1 is 1.52 bits per heavy atom. The lowest BCUT2D eigenvalue weighted by Crippen LogP contribution is -2.28. The first kappa shape index (κ1) is 17.1. The van der Waals surface area contributed by atoms with Gasteiger partial charge in [0.2, 0.25) is 10.0 Å². The highest BCUT2D eigenvalue weighted by Gasteiger charge is 2.18. The third-order valence-corrected chi connectivity index (χ3v) is 3.54. The first-order chi connectivity index (χ1) is 9.74. The quantitative estimate of drug-likeness (QED) is 0.401. The van der Waals surface area contributed by atoms with Crippen molar-refractivity contribution in [2.75, 3.05) is 12.3 Å². The van der Waals surface area contributed by atoms with Gasteiger partial charge in [-0.15, -0.1) is 0 Å². The van der Waals surface area contributed by atoms with Crippen LogP contribution in [0.1, 0.15) is 30.3 Å². The van der Waals surface area contributed by atoms with E-state index in [0.29, 0.717) is 6.54 Å². The molecule has 3 N–H and O–H groups in total. The number of nitrogens with zero attached hydrogens (tertiary/aromatic N) is 2. The Morgan fingerprint density at radius 3 is 2.71 bits per heavy atom. The number of rotatable bonds is 8. The first-order valence-corrected chi connectivity index (χ1v) is 8.09. The van der Waals surface area contributed by atoms with Gasteiger partial charge in [-0.25, -0.2) is 13.6 Å². The number of carbonyl (C=O) groups excluding carboxylic acids is 1. The number of aromatic nitrogens is 1. The normalized spacial score (nSPS) is 11.3. The van der Waals surface area contributed by atoms with Crippen LogP contribution in [0.3, 0.4) is 0 Å². The second-order valence-corrected chi connectivity index (χ2v) is 6.24. The lowest BCUT2D eigenvalue weighted by Gasteiger charge is -2.07. The highest BCUT2D eigenvalue weighted by Crippen LogP contribution is 2.17. The molecule has 9 nitrogen and oxygen atoms in total. The Morgan fingerprint density at radius 2 is 2.19 bits per heavy atom. The molecule has 1 rings (SSSR count). The molecule has 0 bridgehead atoms. The smallest absolute Gasteiger partial charge is 0.287 e. The van der Waals surface area contributed by atoms with Crippen LogP contribution in [-0.4, -0.2) is 36.1 Å². The standard InChI is InChI=1S/C11H18N4O5S/c1-2-5-14-8-9(15(17)18)7-10(14)11(16)13-4-3-6-21(12,19)20/h7-8H,2-6H2,1H3,(H,13,16)(H2,12,19,20). The van der Waals surface area contributed by atoms with Gasteiger partial charge in [0.1, 0.15) is 5.69 Å². The minimum atomic E-state index is -3.56. The number of hydrogen-bond acceptors (Lipinski definition) is 5. The Balaban J connectivity index is 2.70. The molecule has 0 spiro atoms. The molecule has 1 amide bonds. The number of nitrogens with one attached hydrogen (secondary N) is 1. The average Bonchev–Trinajstić information content (AvgIpc) is 2.78. The van der Waals surface area contributed by atoms with E-state index in [2.05, 4.69) is 5.32 Å². The maximum Gasteiger partial charge on any atom is 0.287 e. The molecule has 0 atom stereocenters. The van der Waals surface area contributed by atoms with Gasteiger partial charge in [-0.3, -0.25) is 14.9 Å². The lowest BCUT2D eigenvalue weighted by atomic mass is 10.3. The summed E-state index contributed by atoms with van der Waals surface area (Å²) in [5.74, 6) is -0.713. The molecule has 1 aromatic heterocycles. The van der Waals surface area contributed by atoms with Crippen LogP contribution in [0.4, 0.5) is 5.69 Å². The van der Waals surface area contributed by atoms with E-state index in [-0.39, 0.29) is 30.1 Å². The lowest BCUT2D eigenvalue weighted by molar-refractivity contribution is -0.384. The zero-order valence-electron chi connectivity index (χ0n) is 11.6. The number of carbonyl (C=O) groups is 1. The van der Waals surface area contributed by atoms with Crippen molar-refractivity contribution in [2.24, 2.45) is 5.14 Å². The molecule has 1 heterocycles. The molecule has 118 valence electrons. The fraction of sp³-hybridized carbons (Fsp3) is 0.545. The summed E-state index contributed by atoms with van der Waals surface area (Å²) in [5, 5.41) is 18.1. The molecule has 1 aromatic rings. The summed E-state index contributed by atoms with van der Waals surface area (Å²) in [5.41, 5.74) is 0.0253.